The Hall–Kier alpha value is -1.46. The van der Waals surface area contributed by atoms with Crippen LogP contribution in [0.2, 0.25) is 0 Å². The van der Waals surface area contributed by atoms with E-state index in [1.807, 2.05) is 4.90 Å². The normalized spacial score (nSPS) is 18.7. The zero-order valence-electron chi connectivity index (χ0n) is 16.8. The van der Waals surface area contributed by atoms with E-state index in [1.165, 1.54) is 27.1 Å². The fourth-order valence-electron chi connectivity index (χ4n) is 3.69. The van der Waals surface area contributed by atoms with E-state index < -0.39 is 10.0 Å². The van der Waals surface area contributed by atoms with Crippen LogP contribution in [-0.4, -0.2) is 78.4 Å². The number of rotatable bonds is 7. The van der Waals surface area contributed by atoms with Crippen molar-refractivity contribution >= 4 is 39.0 Å². The number of thioether (sulfide) groups is 1. The van der Waals surface area contributed by atoms with Gasteiger partial charge in [0.2, 0.25) is 15.9 Å². The summed E-state index contributed by atoms with van der Waals surface area (Å²) in [6, 6.07) is 7.50. The Morgan fingerprint density at radius 1 is 1.07 bits per heavy atom. The highest BCUT2D eigenvalue weighted by atomic mass is 32.2. The van der Waals surface area contributed by atoms with Gasteiger partial charge in [-0.3, -0.25) is 9.69 Å². The zero-order chi connectivity index (χ0) is 21.0. The SMILES string of the molecule is O=C(CSc1ccc(S(=O)(=O)N2CCCC2)cn1)N1CCN(Cc2cccs2)CC1. The lowest BCUT2D eigenvalue weighted by Gasteiger charge is -2.34. The summed E-state index contributed by atoms with van der Waals surface area (Å²) in [4.78, 5) is 22.7. The minimum atomic E-state index is -3.45. The van der Waals surface area contributed by atoms with Crippen molar-refractivity contribution in [1.29, 1.82) is 0 Å². The predicted octanol–water partition coefficient (Wildman–Crippen LogP) is 2.36. The van der Waals surface area contributed by atoms with Crippen LogP contribution in [0.15, 0.2) is 45.8 Å². The van der Waals surface area contributed by atoms with Crippen molar-refractivity contribution in [3.8, 4) is 0 Å². The molecule has 0 atom stereocenters. The number of hydrogen-bond acceptors (Lipinski definition) is 7. The summed E-state index contributed by atoms with van der Waals surface area (Å²) < 4.78 is 26.6. The summed E-state index contributed by atoms with van der Waals surface area (Å²) in [6.45, 7) is 5.36. The van der Waals surface area contributed by atoms with Crippen LogP contribution in [0.3, 0.4) is 0 Å². The third-order valence-corrected chi connectivity index (χ3v) is 9.11. The van der Waals surface area contributed by atoms with Crippen molar-refractivity contribution in [2.75, 3.05) is 45.0 Å². The molecule has 162 valence electrons. The lowest BCUT2D eigenvalue weighted by atomic mass is 10.3. The third-order valence-electron chi connectivity index (χ3n) is 5.44. The molecule has 0 aliphatic carbocycles. The van der Waals surface area contributed by atoms with Gasteiger partial charge in [-0.25, -0.2) is 13.4 Å². The first-order valence-corrected chi connectivity index (χ1v) is 13.4. The lowest BCUT2D eigenvalue weighted by molar-refractivity contribution is -0.130. The first kappa shape index (κ1) is 21.8. The molecular weight excluding hydrogens is 440 g/mol. The van der Waals surface area contributed by atoms with Gasteiger partial charge in [0.05, 0.1) is 10.8 Å². The summed E-state index contributed by atoms with van der Waals surface area (Å²) in [5, 5.41) is 2.76. The molecule has 0 aromatic carbocycles. The maximum absolute atomic E-state index is 12.6. The van der Waals surface area contributed by atoms with Gasteiger partial charge in [0.25, 0.3) is 0 Å². The standard InChI is InChI=1S/C20H26N4O3S3/c25-20(23-11-9-22(10-12-23)15-17-4-3-13-28-17)16-29-19-6-5-18(14-21-19)30(26,27)24-7-1-2-8-24/h3-6,13-14H,1-2,7-12,15-16H2. The van der Waals surface area contributed by atoms with Crippen LogP contribution in [0.25, 0.3) is 0 Å². The summed E-state index contributed by atoms with van der Waals surface area (Å²) in [7, 11) is -3.45. The van der Waals surface area contributed by atoms with Crippen molar-refractivity contribution in [1.82, 2.24) is 19.1 Å². The first-order valence-electron chi connectivity index (χ1n) is 10.1. The number of nitrogens with zero attached hydrogens (tertiary/aromatic N) is 4. The molecule has 0 spiro atoms. The molecule has 0 unspecified atom stereocenters. The number of piperazine rings is 1. The summed E-state index contributed by atoms with van der Waals surface area (Å²) in [5.74, 6) is 0.419. The Morgan fingerprint density at radius 2 is 1.83 bits per heavy atom. The number of carbonyl (C=O) groups is 1. The quantitative estimate of drug-likeness (QED) is 0.584. The van der Waals surface area contributed by atoms with E-state index in [1.54, 1.807) is 23.5 Å². The van der Waals surface area contributed by atoms with Crippen molar-refractivity contribution in [2.24, 2.45) is 0 Å². The molecule has 4 heterocycles. The second kappa shape index (κ2) is 9.78. The fraction of sp³-hybridized carbons (Fsp3) is 0.500. The highest BCUT2D eigenvalue weighted by Crippen LogP contribution is 2.23. The van der Waals surface area contributed by atoms with Crippen molar-refractivity contribution in [3.63, 3.8) is 0 Å². The van der Waals surface area contributed by atoms with Crippen molar-refractivity contribution in [3.05, 3.63) is 40.7 Å². The van der Waals surface area contributed by atoms with Gasteiger partial charge < -0.3 is 4.90 Å². The van der Waals surface area contributed by atoms with Gasteiger partial charge in [-0.2, -0.15) is 4.31 Å². The molecular formula is C20H26N4O3S3. The summed E-state index contributed by atoms with van der Waals surface area (Å²) in [5.41, 5.74) is 0. The molecule has 2 saturated heterocycles. The van der Waals surface area contributed by atoms with Crippen LogP contribution < -0.4 is 0 Å². The van der Waals surface area contributed by atoms with Gasteiger partial charge in [-0.1, -0.05) is 17.8 Å². The average molecular weight is 467 g/mol. The molecule has 7 nitrogen and oxygen atoms in total. The number of amides is 1. The zero-order valence-corrected chi connectivity index (χ0v) is 19.2. The Labute approximate surface area is 186 Å². The van der Waals surface area contributed by atoms with Gasteiger partial charge in [0.1, 0.15) is 4.90 Å². The van der Waals surface area contributed by atoms with Crippen LogP contribution in [-0.2, 0) is 21.4 Å². The second-order valence-electron chi connectivity index (χ2n) is 7.47. The van der Waals surface area contributed by atoms with Gasteiger partial charge in [0.15, 0.2) is 0 Å². The largest absolute Gasteiger partial charge is 0.339 e. The topological polar surface area (TPSA) is 73.8 Å². The summed E-state index contributed by atoms with van der Waals surface area (Å²) in [6.07, 6.45) is 3.22. The number of hydrogen-bond donors (Lipinski definition) is 0. The van der Waals surface area contributed by atoms with Crippen LogP contribution in [0, 0.1) is 0 Å². The fourth-order valence-corrected chi connectivity index (χ4v) is 6.64. The van der Waals surface area contributed by atoms with Gasteiger partial charge in [0, 0.05) is 56.9 Å². The van der Waals surface area contributed by atoms with E-state index in [0.29, 0.717) is 23.9 Å². The first-order chi connectivity index (χ1) is 14.5. The maximum Gasteiger partial charge on any atom is 0.244 e. The average Bonchev–Trinajstić information content (AvgIpc) is 3.47. The Kier molecular flexibility index (Phi) is 7.09. The van der Waals surface area contributed by atoms with Crippen molar-refractivity contribution < 1.29 is 13.2 Å². The molecule has 2 fully saturated rings. The smallest absolute Gasteiger partial charge is 0.244 e. The van der Waals surface area contributed by atoms with Crippen molar-refractivity contribution in [2.45, 2.75) is 29.3 Å². The van der Waals surface area contributed by atoms with Crippen LogP contribution >= 0.6 is 23.1 Å². The van der Waals surface area contributed by atoms with Crippen LogP contribution in [0.1, 0.15) is 17.7 Å². The molecule has 0 saturated carbocycles. The molecule has 30 heavy (non-hydrogen) atoms. The Balaban J connectivity index is 1.24. The van der Waals surface area contributed by atoms with E-state index in [0.717, 1.165) is 45.6 Å². The molecule has 1 amide bonds. The minimum Gasteiger partial charge on any atom is -0.339 e. The van der Waals surface area contributed by atoms with Gasteiger partial charge in [-0.15, -0.1) is 11.3 Å². The number of aromatic nitrogens is 1. The number of thiophene rings is 1. The Morgan fingerprint density at radius 3 is 2.47 bits per heavy atom. The van der Waals surface area contributed by atoms with E-state index in [-0.39, 0.29) is 10.8 Å². The molecule has 2 aliphatic rings. The van der Waals surface area contributed by atoms with E-state index >= 15 is 0 Å². The molecule has 2 aromatic heterocycles. The molecule has 2 aliphatic heterocycles. The van der Waals surface area contributed by atoms with Gasteiger partial charge >= 0.3 is 0 Å². The molecule has 10 heteroatoms. The molecule has 2 aromatic rings. The molecule has 0 radical (unpaired) electrons. The van der Waals surface area contributed by atoms with E-state index in [2.05, 4.69) is 27.4 Å². The molecule has 0 bridgehead atoms. The predicted molar refractivity (Wildman–Crippen MR) is 119 cm³/mol. The lowest BCUT2D eigenvalue weighted by Crippen LogP contribution is -2.48. The highest BCUT2D eigenvalue weighted by Gasteiger charge is 2.27. The van der Waals surface area contributed by atoms with E-state index in [9.17, 15) is 13.2 Å². The second-order valence-corrected chi connectivity index (χ2v) is 11.4. The maximum atomic E-state index is 12.6. The Bertz CT molecular complexity index is 934. The summed E-state index contributed by atoms with van der Waals surface area (Å²) >= 11 is 3.12. The molecule has 0 N–H and O–H groups in total. The van der Waals surface area contributed by atoms with Crippen LogP contribution in [0.4, 0.5) is 0 Å². The van der Waals surface area contributed by atoms with Crippen LogP contribution in [0.5, 0.6) is 0 Å². The number of sulfonamides is 1. The third kappa shape index (κ3) is 5.23. The highest BCUT2D eigenvalue weighted by molar-refractivity contribution is 7.99. The van der Waals surface area contributed by atoms with Gasteiger partial charge in [-0.05, 0) is 36.4 Å². The number of carbonyl (C=O) groups excluding carboxylic acids is 1. The monoisotopic (exact) mass is 466 g/mol. The van der Waals surface area contributed by atoms with E-state index in [4.69, 9.17) is 0 Å². The molecule has 4 rings (SSSR count). The number of pyridine rings is 1. The minimum absolute atomic E-state index is 0.103.